The van der Waals surface area contributed by atoms with Crippen molar-refractivity contribution in [2.75, 3.05) is 29.1 Å². The molecule has 1 amide bonds. The Morgan fingerprint density at radius 3 is 2.45 bits per heavy atom. The molecule has 33 heavy (non-hydrogen) atoms. The van der Waals surface area contributed by atoms with Crippen LogP contribution in [0.5, 0.6) is 11.5 Å². The summed E-state index contributed by atoms with van der Waals surface area (Å²) in [5.41, 5.74) is 2.21. The highest BCUT2D eigenvalue weighted by Gasteiger charge is 2.30. The number of nitrogens with one attached hydrogen (secondary N) is 1. The zero-order valence-electron chi connectivity index (χ0n) is 18.1. The standard InChI is InChI=1S/C24H22N2O6S/c1-15(26(33(2,28)29)17-8-10-21-23(14-17)31-12-11-30-21)24(27)25-16-7-9-19-18-5-3-4-6-20(18)32-22(19)13-16/h3-10,13-15H,11-12H2,1-2H3,(H,25,27)/t15-/m1/s1. The van der Waals surface area contributed by atoms with Crippen molar-refractivity contribution in [3.05, 3.63) is 60.7 Å². The summed E-state index contributed by atoms with van der Waals surface area (Å²) in [5, 5.41) is 4.72. The van der Waals surface area contributed by atoms with Gasteiger partial charge in [0.1, 0.15) is 30.4 Å². The summed E-state index contributed by atoms with van der Waals surface area (Å²) in [5.74, 6) is 0.496. The molecular formula is C24H22N2O6S. The summed E-state index contributed by atoms with van der Waals surface area (Å²) in [6.45, 7) is 2.33. The van der Waals surface area contributed by atoms with Gasteiger partial charge in [-0.05, 0) is 37.3 Å². The molecule has 0 bridgehead atoms. The lowest BCUT2D eigenvalue weighted by atomic mass is 10.1. The largest absolute Gasteiger partial charge is 0.486 e. The molecule has 3 aromatic carbocycles. The second-order valence-electron chi connectivity index (χ2n) is 7.86. The number of sulfonamides is 1. The number of amides is 1. The molecule has 1 aliphatic heterocycles. The first-order valence-electron chi connectivity index (χ1n) is 10.4. The number of hydrogen-bond acceptors (Lipinski definition) is 6. The van der Waals surface area contributed by atoms with Crippen molar-refractivity contribution in [3.63, 3.8) is 0 Å². The molecular weight excluding hydrogens is 444 g/mol. The molecule has 0 spiro atoms. The van der Waals surface area contributed by atoms with Crippen LogP contribution < -0.4 is 19.1 Å². The Balaban J connectivity index is 1.43. The molecule has 2 heterocycles. The maximum atomic E-state index is 13.1. The first-order chi connectivity index (χ1) is 15.8. The fourth-order valence-electron chi connectivity index (χ4n) is 4.03. The van der Waals surface area contributed by atoms with Crippen molar-refractivity contribution in [2.24, 2.45) is 0 Å². The van der Waals surface area contributed by atoms with Crippen LogP contribution >= 0.6 is 0 Å². The summed E-state index contributed by atoms with van der Waals surface area (Å²) >= 11 is 0. The van der Waals surface area contributed by atoms with E-state index in [1.54, 1.807) is 30.3 Å². The van der Waals surface area contributed by atoms with E-state index in [0.29, 0.717) is 41.7 Å². The molecule has 1 N–H and O–H groups in total. The molecule has 8 nitrogen and oxygen atoms in total. The quantitative estimate of drug-likeness (QED) is 0.475. The van der Waals surface area contributed by atoms with Crippen molar-refractivity contribution in [1.82, 2.24) is 0 Å². The van der Waals surface area contributed by atoms with Gasteiger partial charge in [-0.15, -0.1) is 0 Å². The fourth-order valence-corrected chi connectivity index (χ4v) is 5.19. The number of para-hydroxylation sites is 1. The third-order valence-corrected chi connectivity index (χ3v) is 6.76. The van der Waals surface area contributed by atoms with Crippen LogP contribution in [0, 0.1) is 0 Å². The average Bonchev–Trinajstić information content (AvgIpc) is 3.16. The van der Waals surface area contributed by atoms with Gasteiger partial charge in [0.15, 0.2) is 11.5 Å². The van der Waals surface area contributed by atoms with E-state index in [4.69, 9.17) is 13.9 Å². The number of anilines is 2. The van der Waals surface area contributed by atoms with Crippen LogP contribution in [0.3, 0.4) is 0 Å². The van der Waals surface area contributed by atoms with Gasteiger partial charge < -0.3 is 19.2 Å². The summed E-state index contributed by atoms with van der Waals surface area (Å²) in [6.07, 6.45) is 1.06. The maximum Gasteiger partial charge on any atom is 0.247 e. The number of fused-ring (bicyclic) bond motifs is 4. The van der Waals surface area contributed by atoms with Gasteiger partial charge >= 0.3 is 0 Å². The van der Waals surface area contributed by atoms with Gasteiger partial charge in [-0.2, -0.15) is 0 Å². The highest BCUT2D eigenvalue weighted by Crippen LogP contribution is 2.36. The minimum absolute atomic E-state index is 0.317. The van der Waals surface area contributed by atoms with E-state index in [9.17, 15) is 13.2 Å². The van der Waals surface area contributed by atoms with Crippen LogP contribution in [0.15, 0.2) is 65.1 Å². The second-order valence-corrected chi connectivity index (χ2v) is 9.72. The predicted molar refractivity (Wildman–Crippen MR) is 127 cm³/mol. The van der Waals surface area contributed by atoms with Gasteiger partial charge in [-0.1, -0.05) is 18.2 Å². The number of benzene rings is 3. The summed E-state index contributed by atoms with van der Waals surface area (Å²) in [6, 6.07) is 16.8. The van der Waals surface area contributed by atoms with E-state index in [1.165, 1.54) is 6.92 Å². The van der Waals surface area contributed by atoms with E-state index in [0.717, 1.165) is 26.9 Å². The molecule has 1 aromatic heterocycles. The SMILES string of the molecule is C[C@H](C(=O)Nc1ccc2c(c1)oc1ccccc12)N(c1ccc2c(c1)OCCO2)S(C)(=O)=O. The van der Waals surface area contributed by atoms with Gasteiger partial charge in [0.2, 0.25) is 15.9 Å². The third kappa shape index (κ3) is 3.95. The lowest BCUT2D eigenvalue weighted by molar-refractivity contribution is -0.116. The van der Waals surface area contributed by atoms with Crippen molar-refractivity contribution in [2.45, 2.75) is 13.0 Å². The van der Waals surface area contributed by atoms with Crippen molar-refractivity contribution < 1.29 is 27.1 Å². The van der Waals surface area contributed by atoms with E-state index >= 15 is 0 Å². The molecule has 1 atom stereocenters. The highest BCUT2D eigenvalue weighted by atomic mass is 32.2. The lowest BCUT2D eigenvalue weighted by Gasteiger charge is -2.29. The first kappa shape index (κ1) is 21.1. The Hall–Kier alpha value is -3.72. The fraction of sp³-hybridized carbons (Fsp3) is 0.208. The Bertz CT molecular complexity index is 1480. The van der Waals surface area contributed by atoms with Crippen LogP contribution in [0.2, 0.25) is 0 Å². The molecule has 0 unspecified atom stereocenters. The minimum atomic E-state index is -3.78. The molecule has 9 heteroatoms. The van der Waals surface area contributed by atoms with Crippen LogP contribution in [-0.2, 0) is 14.8 Å². The molecule has 4 aromatic rings. The number of ether oxygens (including phenoxy) is 2. The normalized spacial score (nSPS) is 14.2. The number of hydrogen-bond donors (Lipinski definition) is 1. The number of furan rings is 1. The summed E-state index contributed by atoms with van der Waals surface area (Å²) < 4.78 is 43.3. The molecule has 5 rings (SSSR count). The van der Waals surface area contributed by atoms with Crippen LogP contribution in [0.4, 0.5) is 11.4 Å². The number of rotatable bonds is 5. The number of nitrogens with zero attached hydrogens (tertiary/aromatic N) is 1. The topological polar surface area (TPSA) is 98.1 Å². The van der Waals surface area contributed by atoms with Gasteiger partial charge in [-0.3, -0.25) is 9.10 Å². The summed E-state index contributed by atoms with van der Waals surface area (Å²) in [4.78, 5) is 13.1. The van der Waals surface area contributed by atoms with Crippen molar-refractivity contribution in [3.8, 4) is 11.5 Å². The molecule has 0 aliphatic carbocycles. The van der Waals surface area contributed by atoms with Crippen LogP contribution in [0.1, 0.15) is 6.92 Å². The van der Waals surface area contributed by atoms with Crippen LogP contribution in [0.25, 0.3) is 21.9 Å². The van der Waals surface area contributed by atoms with E-state index in [2.05, 4.69) is 5.32 Å². The van der Waals surface area contributed by atoms with E-state index in [1.807, 2.05) is 30.3 Å². The Morgan fingerprint density at radius 1 is 0.939 bits per heavy atom. The zero-order valence-corrected chi connectivity index (χ0v) is 18.9. The lowest BCUT2D eigenvalue weighted by Crippen LogP contribution is -2.45. The Morgan fingerprint density at radius 2 is 1.67 bits per heavy atom. The highest BCUT2D eigenvalue weighted by molar-refractivity contribution is 7.92. The molecule has 0 radical (unpaired) electrons. The van der Waals surface area contributed by atoms with Gasteiger partial charge in [-0.25, -0.2) is 8.42 Å². The Kier molecular flexibility index (Phi) is 5.13. The van der Waals surface area contributed by atoms with E-state index < -0.39 is 22.0 Å². The number of carbonyl (C=O) groups is 1. The van der Waals surface area contributed by atoms with Crippen molar-refractivity contribution >= 4 is 49.2 Å². The summed E-state index contributed by atoms with van der Waals surface area (Å²) in [7, 11) is -3.78. The molecule has 0 saturated carbocycles. The Labute approximate surface area is 190 Å². The molecule has 170 valence electrons. The first-order valence-corrected chi connectivity index (χ1v) is 12.3. The maximum absolute atomic E-state index is 13.1. The molecule has 1 aliphatic rings. The van der Waals surface area contributed by atoms with Crippen molar-refractivity contribution in [1.29, 1.82) is 0 Å². The smallest absolute Gasteiger partial charge is 0.247 e. The van der Waals surface area contributed by atoms with Gasteiger partial charge in [0, 0.05) is 28.6 Å². The third-order valence-electron chi connectivity index (χ3n) is 5.52. The average molecular weight is 467 g/mol. The monoisotopic (exact) mass is 466 g/mol. The minimum Gasteiger partial charge on any atom is -0.486 e. The molecule has 0 saturated heterocycles. The van der Waals surface area contributed by atoms with Gasteiger partial charge in [0.25, 0.3) is 0 Å². The zero-order chi connectivity index (χ0) is 23.2. The van der Waals surface area contributed by atoms with E-state index in [-0.39, 0.29) is 0 Å². The van der Waals surface area contributed by atoms with Crippen LogP contribution in [-0.4, -0.2) is 39.8 Å². The predicted octanol–water partition coefficient (Wildman–Crippen LogP) is 4.15. The molecule has 0 fully saturated rings. The number of carbonyl (C=O) groups excluding carboxylic acids is 1. The van der Waals surface area contributed by atoms with Gasteiger partial charge in [0.05, 0.1) is 11.9 Å². The second kappa shape index (κ2) is 8.00.